The molecule has 1 fully saturated rings. The van der Waals surface area contributed by atoms with Gasteiger partial charge in [0, 0.05) is 43.8 Å². The molecule has 1 aliphatic heterocycles. The summed E-state index contributed by atoms with van der Waals surface area (Å²) in [5.74, 6) is 0.870. The number of rotatable bonds is 5. The number of aryl methyl sites for hydroxylation is 3. The molecule has 2 aromatic carbocycles. The minimum atomic E-state index is 0.404. The molecule has 1 aliphatic rings. The lowest BCUT2D eigenvalue weighted by Gasteiger charge is -2.34. The van der Waals surface area contributed by atoms with Crippen LogP contribution < -0.4 is 16.0 Å². The molecule has 0 saturated carbocycles. The number of anilines is 4. The second-order valence-electron chi connectivity index (χ2n) is 9.31. The lowest BCUT2D eigenvalue weighted by atomic mass is 10.1. The zero-order valence-corrected chi connectivity index (χ0v) is 20.8. The maximum atomic E-state index is 6.41. The highest BCUT2D eigenvalue weighted by molar-refractivity contribution is 5.73. The van der Waals surface area contributed by atoms with Crippen LogP contribution in [-0.4, -0.2) is 57.9 Å². The van der Waals surface area contributed by atoms with E-state index in [0.29, 0.717) is 11.8 Å². The summed E-state index contributed by atoms with van der Waals surface area (Å²) in [6, 6.07) is 16.7. The van der Waals surface area contributed by atoms with E-state index in [0.717, 1.165) is 54.5 Å². The average molecular weight is 469 g/mol. The van der Waals surface area contributed by atoms with Crippen LogP contribution in [0.2, 0.25) is 0 Å². The largest absolute Gasteiger partial charge is 0.383 e. The monoisotopic (exact) mass is 468 g/mol. The number of hydrogen-bond donors (Lipinski definition) is 2. The minimum Gasteiger partial charge on any atom is -0.383 e. The molecule has 0 amide bonds. The Labute approximate surface area is 206 Å². The summed E-state index contributed by atoms with van der Waals surface area (Å²) in [5, 5.41) is 7.97. The van der Waals surface area contributed by atoms with Crippen LogP contribution in [0.15, 0.2) is 54.7 Å². The van der Waals surface area contributed by atoms with Crippen molar-refractivity contribution in [3.8, 4) is 16.9 Å². The molecule has 2 aromatic heterocycles. The third-order valence-electron chi connectivity index (χ3n) is 6.65. The number of nitrogens with one attached hydrogen (secondary N) is 1. The number of aromatic nitrogens is 4. The Morgan fingerprint density at radius 3 is 2.26 bits per heavy atom. The molecule has 0 bridgehead atoms. The maximum Gasteiger partial charge on any atom is 0.229 e. The minimum absolute atomic E-state index is 0.404. The summed E-state index contributed by atoms with van der Waals surface area (Å²) in [6.45, 7) is 10.4. The Hall–Kier alpha value is -3.91. The summed E-state index contributed by atoms with van der Waals surface area (Å²) in [4.78, 5) is 13.9. The molecule has 0 atom stereocenters. The zero-order valence-electron chi connectivity index (χ0n) is 20.8. The fourth-order valence-corrected chi connectivity index (χ4v) is 4.35. The van der Waals surface area contributed by atoms with E-state index in [1.165, 1.54) is 16.8 Å². The van der Waals surface area contributed by atoms with Crippen molar-refractivity contribution in [2.75, 3.05) is 49.2 Å². The van der Waals surface area contributed by atoms with Crippen molar-refractivity contribution in [1.29, 1.82) is 0 Å². The van der Waals surface area contributed by atoms with Crippen LogP contribution in [-0.2, 0) is 0 Å². The standard InChI is InChI=1S/C27H32N8/c1-18-5-8-23(15-19(18)2)35-25(16-20(3)32-35)24-17-29-27(31-26(24)28)30-21-6-9-22(10-7-21)34-13-11-33(4)12-14-34/h5-10,15-17H,11-14H2,1-4H3,(H3,28,29,30,31). The first-order valence-corrected chi connectivity index (χ1v) is 11.9. The molecule has 3 N–H and O–H groups in total. The number of nitrogens with zero attached hydrogens (tertiary/aromatic N) is 6. The molecule has 4 aromatic rings. The summed E-state index contributed by atoms with van der Waals surface area (Å²) >= 11 is 0. The van der Waals surface area contributed by atoms with Gasteiger partial charge in [-0.15, -0.1) is 0 Å². The van der Waals surface area contributed by atoms with Crippen molar-refractivity contribution in [3.63, 3.8) is 0 Å². The Bertz CT molecular complexity index is 1330. The van der Waals surface area contributed by atoms with Crippen molar-refractivity contribution in [3.05, 3.63) is 71.5 Å². The van der Waals surface area contributed by atoms with Gasteiger partial charge in [0.25, 0.3) is 0 Å². The maximum absolute atomic E-state index is 6.41. The van der Waals surface area contributed by atoms with E-state index in [9.17, 15) is 0 Å². The van der Waals surface area contributed by atoms with E-state index in [-0.39, 0.29) is 0 Å². The van der Waals surface area contributed by atoms with Crippen molar-refractivity contribution in [2.24, 2.45) is 0 Å². The third kappa shape index (κ3) is 4.83. The Morgan fingerprint density at radius 2 is 1.57 bits per heavy atom. The highest BCUT2D eigenvalue weighted by Crippen LogP contribution is 2.29. The molecule has 0 aliphatic carbocycles. The van der Waals surface area contributed by atoms with Crippen LogP contribution >= 0.6 is 0 Å². The lowest BCUT2D eigenvalue weighted by Crippen LogP contribution is -2.44. The molecule has 0 radical (unpaired) electrons. The molecule has 5 rings (SSSR count). The molecule has 3 heterocycles. The van der Waals surface area contributed by atoms with Gasteiger partial charge in [0.15, 0.2) is 0 Å². The van der Waals surface area contributed by atoms with Crippen LogP contribution in [0.25, 0.3) is 16.9 Å². The van der Waals surface area contributed by atoms with Gasteiger partial charge in [-0.3, -0.25) is 0 Å². The van der Waals surface area contributed by atoms with E-state index in [4.69, 9.17) is 10.8 Å². The number of hydrogen-bond acceptors (Lipinski definition) is 7. The second-order valence-corrected chi connectivity index (χ2v) is 9.31. The Balaban J connectivity index is 1.36. The SMILES string of the molecule is Cc1cc(-c2cnc(Nc3ccc(N4CCN(C)CC4)cc3)nc2N)n(-c2ccc(C)c(C)c2)n1. The van der Waals surface area contributed by atoms with Gasteiger partial charge in [-0.25, -0.2) is 9.67 Å². The fourth-order valence-electron chi connectivity index (χ4n) is 4.35. The first-order valence-electron chi connectivity index (χ1n) is 11.9. The van der Waals surface area contributed by atoms with E-state index in [1.54, 1.807) is 6.20 Å². The van der Waals surface area contributed by atoms with Crippen molar-refractivity contribution < 1.29 is 0 Å². The smallest absolute Gasteiger partial charge is 0.229 e. The normalized spacial score (nSPS) is 14.3. The average Bonchev–Trinajstić information content (AvgIpc) is 3.23. The van der Waals surface area contributed by atoms with E-state index in [2.05, 4.69) is 88.4 Å². The predicted octanol–water partition coefficient (Wildman–Crippen LogP) is 4.33. The van der Waals surface area contributed by atoms with Gasteiger partial charge in [-0.2, -0.15) is 10.1 Å². The van der Waals surface area contributed by atoms with Gasteiger partial charge in [0.1, 0.15) is 5.82 Å². The second kappa shape index (κ2) is 9.38. The quantitative estimate of drug-likeness (QED) is 0.451. The molecular formula is C27H32N8. The predicted molar refractivity (Wildman–Crippen MR) is 143 cm³/mol. The number of piperazine rings is 1. The van der Waals surface area contributed by atoms with E-state index in [1.807, 2.05) is 17.7 Å². The topological polar surface area (TPSA) is 88.1 Å². The molecule has 1 saturated heterocycles. The third-order valence-corrected chi connectivity index (χ3v) is 6.65. The van der Waals surface area contributed by atoms with Gasteiger partial charge in [0.2, 0.25) is 5.95 Å². The molecular weight excluding hydrogens is 436 g/mol. The lowest BCUT2D eigenvalue weighted by molar-refractivity contribution is 0.313. The van der Waals surface area contributed by atoms with Crippen LogP contribution in [0, 0.1) is 20.8 Å². The van der Waals surface area contributed by atoms with Gasteiger partial charge >= 0.3 is 0 Å². The van der Waals surface area contributed by atoms with Gasteiger partial charge in [-0.1, -0.05) is 6.07 Å². The number of nitrogen functional groups attached to an aromatic ring is 1. The molecule has 0 unspecified atom stereocenters. The molecule has 35 heavy (non-hydrogen) atoms. The number of benzene rings is 2. The fraction of sp³-hybridized carbons (Fsp3) is 0.296. The van der Waals surface area contributed by atoms with E-state index >= 15 is 0 Å². The van der Waals surface area contributed by atoms with Crippen LogP contribution in [0.5, 0.6) is 0 Å². The summed E-state index contributed by atoms with van der Waals surface area (Å²) in [5.41, 5.74) is 14.5. The van der Waals surface area contributed by atoms with Gasteiger partial charge in [-0.05, 0) is 81.4 Å². The molecule has 8 nitrogen and oxygen atoms in total. The van der Waals surface area contributed by atoms with Crippen molar-refractivity contribution in [2.45, 2.75) is 20.8 Å². The van der Waals surface area contributed by atoms with Gasteiger partial charge < -0.3 is 20.9 Å². The van der Waals surface area contributed by atoms with Gasteiger partial charge in [0.05, 0.1) is 22.6 Å². The van der Waals surface area contributed by atoms with Crippen LogP contribution in [0.1, 0.15) is 16.8 Å². The van der Waals surface area contributed by atoms with Crippen molar-refractivity contribution in [1.82, 2.24) is 24.6 Å². The molecule has 180 valence electrons. The first kappa shape index (κ1) is 22.9. The Morgan fingerprint density at radius 1 is 0.857 bits per heavy atom. The highest BCUT2D eigenvalue weighted by atomic mass is 15.3. The molecule has 8 heteroatoms. The Kier molecular flexibility index (Phi) is 6.13. The number of likely N-dealkylation sites (N-methyl/N-ethyl adjacent to an activating group) is 1. The van der Waals surface area contributed by atoms with E-state index < -0.39 is 0 Å². The summed E-state index contributed by atoms with van der Waals surface area (Å²) in [7, 11) is 2.17. The zero-order chi connectivity index (χ0) is 24.5. The highest BCUT2D eigenvalue weighted by Gasteiger charge is 2.16. The summed E-state index contributed by atoms with van der Waals surface area (Å²) < 4.78 is 1.90. The number of nitrogens with two attached hydrogens (primary N) is 1. The summed E-state index contributed by atoms with van der Waals surface area (Å²) in [6.07, 6.45) is 1.76. The first-order chi connectivity index (χ1) is 16.9. The van der Waals surface area contributed by atoms with Crippen LogP contribution in [0.3, 0.4) is 0 Å². The van der Waals surface area contributed by atoms with Crippen molar-refractivity contribution >= 4 is 23.1 Å². The molecule has 0 spiro atoms. The van der Waals surface area contributed by atoms with Crippen LogP contribution in [0.4, 0.5) is 23.1 Å².